The molecule has 16 heavy (non-hydrogen) atoms. The summed E-state index contributed by atoms with van der Waals surface area (Å²) < 4.78 is 5.92. The van der Waals surface area contributed by atoms with Crippen molar-refractivity contribution >= 4 is 32.8 Å². The summed E-state index contributed by atoms with van der Waals surface area (Å²) in [6.45, 7) is 0. The molecule has 2 rings (SSSR count). The normalized spacial score (nSPS) is 10.4. The van der Waals surface area contributed by atoms with Crippen molar-refractivity contribution in [2.45, 2.75) is 0 Å². The maximum atomic E-state index is 10.8. The number of hydrogen-bond acceptors (Lipinski definition) is 3. The van der Waals surface area contributed by atoms with Crippen LogP contribution in [0.25, 0.3) is 10.9 Å². The molecule has 0 atom stereocenters. The molecule has 2 aromatic rings. The quantitative estimate of drug-likeness (QED) is 0.920. The number of hydrogen-bond donors (Lipinski definition) is 1. The Kier molecular flexibility index (Phi) is 2.78. The minimum absolute atomic E-state index is 0.164. The van der Waals surface area contributed by atoms with Crippen molar-refractivity contribution in [3.8, 4) is 5.75 Å². The summed E-state index contributed by atoms with van der Waals surface area (Å²) in [6.07, 6.45) is 1.34. The van der Waals surface area contributed by atoms with Gasteiger partial charge in [0.25, 0.3) is 0 Å². The van der Waals surface area contributed by atoms with Crippen molar-refractivity contribution in [1.29, 1.82) is 0 Å². The standard InChI is InChI=1S/C11H8BrNO3/c1-16-10-3-6-2-7(11(14)15)5-13-9(6)4-8(10)12/h2-5H,1H3,(H,14,15). The highest BCUT2D eigenvalue weighted by molar-refractivity contribution is 9.10. The summed E-state index contributed by atoms with van der Waals surface area (Å²) in [4.78, 5) is 14.9. The Morgan fingerprint density at radius 1 is 1.44 bits per heavy atom. The number of ether oxygens (including phenoxy) is 1. The maximum absolute atomic E-state index is 10.8. The molecule has 0 aliphatic rings. The topological polar surface area (TPSA) is 59.4 Å². The van der Waals surface area contributed by atoms with Crippen molar-refractivity contribution in [1.82, 2.24) is 4.98 Å². The first-order valence-electron chi connectivity index (χ1n) is 4.48. The number of carboxylic acid groups (broad SMARTS) is 1. The van der Waals surface area contributed by atoms with Crippen molar-refractivity contribution < 1.29 is 14.6 Å². The largest absolute Gasteiger partial charge is 0.496 e. The van der Waals surface area contributed by atoms with Crippen LogP contribution in [0.4, 0.5) is 0 Å². The van der Waals surface area contributed by atoms with Gasteiger partial charge in [-0.15, -0.1) is 0 Å². The summed E-state index contributed by atoms with van der Waals surface area (Å²) in [6, 6.07) is 5.11. The van der Waals surface area contributed by atoms with Gasteiger partial charge in [-0.3, -0.25) is 4.98 Å². The molecule has 1 N–H and O–H groups in total. The zero-order chi connectivity index (χ0) is 11.7. The fourth-order valence-corrected chi connectivity index (χ4v) is 1.90. The lowest BCUT2D eigenvalue weighted by Crippen LogP contribution is -1.97. The fraction of sp³-hybridized carbons (Fsp3) is 0.0909. The van der Waals surface area contributed by atoms with E-state index < -0.39 is 5.97 Å². The summed E-state index contributed by atoms with van der Waals surface area (Å²) in [5.74, 6) is -0.340. The maximum Gasteiger partial charge on any atom is 0.337 e. The second kappa shape index (κ2) is 4.09. The van der Waals surface area contributed by atoms with Crippen molar-refractivity contribution in [2.75, 3.05) is 7.11 Å². The van der Waals surface area contributed by atoms with E-state index in [9.17, 15) is 4.79 Å². The highest BCUT2D eigenvalue weighted by Gasteiger charge is 2.07. The summed E-state index contributed by atoms with van der Waals surface area (Å²) >= 11 is 3.34. The van der Waals surface area contributed by atoms with E-state index in [-0.39, 0.29) is 5.56 Å². The zero-order valence-corrected chi connectivity index (χ0v) is 9.98. The molecule has 0 spiro atoms. The Morgan fingerprint density at radius 3 is 2.81 bits per heavy atom. The number of nitrogens with zero attached hydrogens (tertiary/aromatic N) is 1. The highest BCUT2D eigenvalue weighted by Crippen LogP contribution is 2.29. The van der Waals surface area contributed by atoms with Crippen LogP contribution in [0.5, 0.6) is 5.75 Å². The lowest BCUT2D eigenvalue weighted by atomic mass is 10.1. The Balaban J connectivity index is 2.68. The van der Waals surface area contributed by atoms with E-state index in [1.807, 2.05) is 0 Å². The zero-order valence-electron chi connectivity index (χ0n) is 8.40. The smallest absolute Gasteiger partial charge is 0.337 e. The number of benzene rings is 1. The molecule has 0 aliphatic heterocycles. The first kappa shape index (κ1) is 10.9. The van der Waals surface area contributed by atoms with Gasteiger partial charge in [-0.05, 0) is 34.1 Å². The third-order valence-corrected chi connectivity index (χ3v) is 2.82. The summed E-state index contributed by atoms with van der Waals surface area (Å²) in [5, 5.41) is 9.58. The van der Waals surface area contributed by atoms with Crippen LogP contribution in [0.3, 0.4) is 0 Å². The molecule has 0 bridgehead atoms. The van der Waals surface area contributed by atoms with Gasteiger partial charge in [0.05, 0.1) is 22.7 Å². The molecule has 1 heterocycles. The number of aromatic carboxylic acids is 1. The first-order valence-corrected chi connectivity index (χ1v) is 5.27. The van der Waals surface area contributed by atoms with E-state index in [2.05, 4.69) is 20.9 Å². The van der Waals surface area contributed by atoms with Gasteiger partial charge in [-0.2, -0.15) is 0 Å². The van der Waals surface area contributed by atoms with Crippen LogP contribution in [0, 0.1) is 0 Å². The minimum atomic E-state index is -0.990. The average molecular weight is 282 g/mol. The van der Waals surface area contributed by atoms with E-state index in [1.165, 1.54) is 6.20 Å². The molecule has 1 aromatic carbocycles. The van der Waals surface area contributed by atoms with Crippen molar-refractivity contribution in [3.05, 3.63) is 34.4 Å². The van der Waals surface area contributed by atoms with Crippen LogP contribution < -0.4 is 4.74 Å². The van der Waals surface area contributed by atoms with Crippen LogP contribution in [-0.2, 0) is 0 Å². The van der Waals surface area contributed by atoms with E-state index in [1.54, 1.807) is 25.3 Å². The van der Waals surface area contributed by atoms with Gasteiger partial charge in [0.1, 0.15) is 5.75 Å². The number of methoxy groups -OCH3 is 1. The molecule has 0 aliphatic carbocycles. The number of halogens is 1. The number of rotatable bonds is 2. The van der Waals surface area contributed by atoms with E-state index >= 15 is 0 Å². The predicted molar refractivity (Wildman–Crippen MR) is 63.0 cm³/mol. The van der Waals surface area contributed by atoms with Crippen molar-refractivity contribution in [2.24, 2.45) is 0 Å². The number of carboxylic acids is 1. The predicted octanol–water partition coefficient (Wildman–Crippen LogP) is 2.70. The Labute approximate surface area is 100.0 Å². The average Bonchev–Trinajstić information content (AvgIpc) is 2.27. The monoisotopic (exact) mass is 281 g/mol. The molecule has 1 aromatic heterocycles. The van der Waals surface area contributed by atoms with Gasteiger partial charge in [-0.1, -0.05) is 0 Å². The fourth-order valence-electron chi connectivity index (χ4n) is 1.40. The number of aromatic nitrogens is 1. The van der Waals surface area contributed by atoms with Crippen LogP contribution in [-0.4, -0.2) is 23.2 Å². The van der Waals surface area contributed by atoms with Gasteiger partial charge < -0.3 is 9.84 Å². The lowest BCUT2D eigenvalue weighted by Gasteiger charge is -2.05. The van der Waals surface area contributed by atoms with Crippen molar-refractivity contribution in [3.63, 3.8) is 0 Å². The molecule has 4 nitrogen and oxygen atoms in total. The van der Waals surface area contributed by atoms with Gasteiger partial charge in [0.15, 0.2) is 0 Å². The Bertz CT molecular complexity index is 568. The molecule has 0 amide bonds. The number of fused-ring (bicyclic) bond motifs is 1. The van der Waals surface area contributed by atoms with Gasteiger partial charge >= 0.3 is 5.97 Å². The molecular formula is C11H8BrNO3. The molecule has 0 saturated carbocycles. The molecule has 0 radical (unpaired) electrons. The molecule has 0 fully saturated rings. The van der Waals surface area contributed by atoms with E-state index in [0.29, 0.717) is 5.75 Å². The van der Waals surface area contributed by atoms with Gasteiger partial charge in [-0.25, -0.2) is 4.79 Å². The molecule has 0 unspecified atom stereocenters. The lowest BCUT2D eigenvalue weighted by molar-refractivity contribution is 0.0696. The molecule has 82 valence electrons. The third kappa shape index (κ3) is 1.86. The summed E-state index contributed by atoms with van der Waals surface area (Å²) in [5.41, 5.74) is 0.884. The van der Waals surface area contributed by atoms with Crippen LogP contribution in [0.1, 0.15) is 10.4 Å². The molecular weight excluding hydrogens is 274 g/mol. The Morgan fingerprint density at radius 2 is 2.19 bits per heavy atom. The second-order valence-electron chi connectivity index (χ2n) is 3.21. The van der Waals surface area contributed by atoms with Crippen LogP contribution in [0.15, 0.2) is 28.9 Å². The SMILES string of the molecule is COc1cc2cc(C(=O)O)cnc2cc1Br. The van der Waals surface area contributed by atoms with Gasteiger partial charge in [0.2, 0.25) is 0 Å². The van der Waals surface area contributed by atoms with Gasteiger partial charge in [0, 0.05) is 11.6 Å². The summed E-state index contributed by atoms with van der Waals surface area (Å²) in [7, 11) is 1.56. The van der Waals surface area contributed by atoms with E-state index in [4.69, 9.17) is 9.84 Å². The molecule has 0 saturated heterocycles. The Hall–Kier alpha value is -1.62. The second-order valence-corrected chi connectivity index (χ2v) is 4.06. The highest BCUT2D eigenvalue weighted by atomic mass is 79.9. The minimum Gasteiger partial charge on any atom is -0.496 e. The number of carbonyl (C=O) groups is 1. The van der Waals surface area contributed by atoms with Crippen LogP contribution >= 0.6 is 15.9 Å². The number of pyridine rings is 1. The third-order valence-electron chi connectivity index (χ3n) is 2.20. The first-order chi connectivity index (χ1) is 7.61. The van der Waals surface area contributed by atoms with E-state index in [0.717, 1.165) is 15.4 Å². The molecule has 5 heteroatoms. The van der Waals surface area contributed by atoms with Crippen LogP contribution in [0.2, 0.25) is 0 Å².